The lowest BCUT2D eigenvalue weighted by atomic mass is 9.84. The smallest absolute Gasteiger partial charge is 0.319 e. The Bertz CT molecular complexity index is 309. The molecule has 0 unspecified atom stereocenters. The lowest BCUT2D eigenvalue weighted by molar-refractivity contribution is -0.146. The van der Waals surface area contributed by atoms with Gasteiger partial charge < -0.3 is 4.74 Å². The van der Waals surface area contributed by atoms with Gasteiger partial charge in [0.25, 0.3) is 0 Å². The number of hydrogen-bond donors (Lipinski definition) is 0. The van der Waals surface area contributed by atoms with Gasteiger partial charge in [-0.25, -0.2) is 0 Å². The minimum Gasteiger partial charge on any atom is -0.464 e. The zero-order valence-corrected chi connectivity index (χ0v) is 14.2. The van der Waals surface area contributed by atoms with Crippen molar-refractivity contribution in [3.8, 4) is 0 Å². The number of ether oxygens (including phenoxy) is 1. The van der Waals surface area contributed by atoms with Crippen molar-refractivity contribution >= 4 is 21.9 Å². The van der Waals surface area contributed by atoms with Gasteiger partial charge in [-0.05, 0) is 45.2 Å². The largest absolute Gasteiger partial charge is 0.464 e. The fourth-order valence-corrected chi connectivity index (χ4v) is 4.01. The van der Waals surface area contributed by atoms with E-state index in [0.29, 0.717) is 18.6 Å². The standard InChI is InChI=1S/C16H28BrNO2/c1-2-3-8-14(17)16(19)20-12-13-7-6-11-18-10-5-4-9-15(13)18/h13-15H,2-12H2,1H3/t13-,14+,15-/m1/s1. The maximum absolute atomic E-state index is 12.0. The van der Waals surface area contributed by atoms with E-state index in [4.69, 9.17) is 4.74 Å². The summed E-state index contributed by atoms with van der Waals surface area (Å²) < 4.78 is 5.58. The molecule has 2 saturated heterocycles. The van der Waals surface area contributed by atoms with Crippen LogP contribution in [-0.2, 0) is 9.53 Å². The van der Waals surface area contributed by atoms with Gasteiger partial charge in [0.2, 0.25) is 0 Å². The summed E-state index contributed by atoms with van der Waals surface area (Å²) in [5, 5.41) is 0. The summed E-state index contributed by atoms with van der Waals surface area (Å²) in [5.74, 6) is 0.491. The van der Waals surface area contributed by atoms with E-state index in [2.05, 4.69) is 27.8 Å². The summed E-state index contributed by atoms with van der Waals surface area (Å²) in [6, 6.07) is 0.662. The molecule has 116 valence electrons. The molecule has 3 atom stereocenters. The van der Waals surface area contributed by atoms with Crippen molar-refractivity contribution in [1.82, 2.24) is 4.90 Å². The van der Waals surface area contributed by atoms with Crippen molar-refractivity contribution in [3.05, 3.63) is 0 Å². The first kappa shape index (κ1) is 16.3. The average Bonchev–Trinajstić information content (AvgIpc) is 2.50. The highest BCUT2D eigenvalue weighted by atomic mass is 79.9. The van der Waals surface area contributed by atoms with Gasteiger partial charge >= 0.3 is 5.97 Å². The summed E-state index contributed by atoms with van der Waals surface area (Å²) in [6.45, 7) is 5.25. The molecule has 0 N–H and O–H groups in total. The van der Waals surface area contributed by atoms with Gasteiger partial charge in [0.05, 0.1) is 6.61 Å². The number of piperidine rings is 2. The lowest BCUT2D eigenvalue weighted by Gasteiger charge is -2.44. The van der Waals surface area contributed by atoms with Crippen molar-refractivity contribution in [3.63, 3.8) is 0 Å². The molecule has 2 rings (SSSR count). The van der Waals surface area contributed by atoms with Crippen LogP contribution in [0.1, 0.15) is 58.3 Å². The fraction of sp³-hybridized carbons (Fsp3) is 0.938. The first-order valence-electron chi connectivity index (χ1n) is 8.27. The number of alkyl halides is 1. The number of fused-ring (bicyclic) bond motifs is 1. The van der Waals surface area contributed by atoms with E-state index in [1.54, 1.807) is 0 Å². The molecule has 2 aliphatic heterocycles. The number of esters is 1. The number of unbranched alkanes of at least 4 members (excludes halogenated alkanes) is 1. The summed E-state index contributed by atoms with van der Waals surface area (Å²) in [5.41, 5.74) is 0. The first-order chi connectivity index (χ1) is 9.72. The van der Waals surface area contributed by atoms with E-state index in [-0.39, 0.29) is 10.8 Å². The third-order valence-corrected chi connectivity index (χ3v) is 5.57. The maximum atomic E-state index is 12.0. The SMILES string of the molecule is CCCC[C@H](Br)C(=O)OC[C@H]1CCCN2CCCC[C@H]12. The van der Waals surface area contributed by atoms with Crippen molar-refractivity contribution in [1.29, 1.82) is 0 Å². The second-order valence-electron chi connectivity index (χ2n) is 6.24. The van der Waals surface area contributed by atoms with Crippen LogP contribution < -0.4 is 0 Å². The molecule has 0 spiro atoms. The monoisotopic (exact) mass is 345 g/mol. The molecule has 0 bridgehead atoms. The Balaban J connectivity index is 1.76. The number of halogens is 1. The fourth-order valence-electron chi connectivity index (χ4n) is 3.55. The Labute approximate surface area is 131 Å². The predicted octanol–water partition coefficient (Wildman–Crippen LogP) is 3.75. The zero-order chi connectivity index (χ0) is 14.4. The van der Waals surface area contributed by atoms with E-state index >= 15 is 0 Å². The predicted molar refractivity (Wildman–Crippen MR) is 85.1 cm³/mol. The van der Waals surface area contributed by atoms with Crippen LogP contribution in [-0.4, -0.2) is 41.4 Å². The Hall–Kier alpha value is -0.0900. The molecule has 3 nitrogen and oxygen atoms in total. The van der Waals surface area contributed by atoms with Crippen molar-refractivity contribution in [2.45, 2.75) is 69.2 Å². The minimum atomic E-state index is -0.117. The number of nitrogens with zero attached hydrogens (tertiary/aromatic N) is 1. The van der Waals surface area contributed by atoms with E-state index in [9.17, 15) is 4.79 Å². The van der Waals surface area contributed by atoms with Crippen molar-refractivity contribution in [2.75, 3.05) is 19.7 Å². The average molecular weight is 346 g/mol. The highest BCUT2D eigenvalue weighted by Gasteiger charge is 2.33. The lowest BCUT2D eigenvalue weighted by Crippen LogP contribution is -2.49. The van der Waals surface area contributed by atoms with Crippen LogP contribution in [0.2, 0.25) is 0 Å². The van der Waals surface area contributed by atoms with Gasteiger partial charge in [0, 0.05) is 12.0 Å². The summed E-state index contributed by atoms with van der Waals surface area (Å²) in [6.07, 6.45) is 9.51. The van der Waals surface area contributed by atoms with E-state index in [0.717, 1.165) is 19.3 Å². The second-order valence-corrected chi connectivity index (χ2v) is 7.35. The molecule has 2 fully saturated rings. The van der Waals surface area contributed by atoms with E-state index in [1.165, 1.54) is 45.2 Å². The molecule has 0 amide bonds. The molecular formula is C16H28BrNO2. The minimum absolute atomic E-state index is 0.0635. The van der Waals surface area contributed by atoms with Gasteiger partial charge in [-0.3, -0.25) is 9.69 Å². The van der Waals surface area contributed by atoms with Crippen LogP contribution in [0.15, 0.2) is 0 Å². The molecule has 0 aliphatic carbocycles. The number of carbonyl (C=O) groups excluding carboxylic acids is 1. The first-order valence-corrected chi connectivity index (χ1v) is 9.18. The number of carbonyl (C=O) groups is 1. The van der Waals surface area contributed by atoms with Crippen LogP contribution in [0, 0.1) is 5.92 Å². The Morgan fingerprint density at radius 1 is 1.30 bits per heavy atom. The number of rotatable bonds is 6. The molecule has 0 radical (unpaired) electrons. The molecule has 0 aromatic rings. The molecular weight excluding hydrogens is 318 g/mol. The van der Waals surface area contributed by atoms with Crippen LogP contribution >= 0.6 is 15.9 Å². The molecule has 0 aromatic carbocycles. The van der Waals surface area contributed by atoms with Crippen LogP contribution in [0.5, 0.6) is 0 Å². The highest BCUT2D eigenvalue weighted by molar-refractivity contribution is 9.10. The van der Waals surface area contributed by atoms with Gasteiger partial charge in [0.15, 0.2) is 0 Å². The van der Waals surface area contributed by atoms with Crippen LogP contribution in [0.3, 0.4) is 0 Å². The summed E-state index contributed by atoms with van der Waals surface area (Å²) >= 11 is 3.45. The van der Waals surface area contributed by atoms with E-state index in [1.807, 2.05) is 0 Å². The topological polar surface area (TPSA) is 29.5 Å². The van der Waals surface area contributed by atoms with Gasteiger partial charge in [-0.15, -0.1) is 0 Å². The maximum Gasteiger partial charge on any atom is 0.319 e. The Morgan fingerprint density at radius 2 is 2.10 bits per heavy atom. The zero-order valence-electron chi connectivity index (χ0n) is 12.7. The molecule has 2 aliphatic rings. The molecule has 0 aromatic heterocycles. The molecule has 20 heavy (non-hydrogen) atoms. The molecule has 0 saturated carbocycles. The van der Waals surface area contributed by atoms with Gasteiger partial charge in [0.1, 0.15) is 4.83 Å². The third kappa shape index (κ3) is 4.45. The van der Waals surface area contributed by atoms with Crippen molar-refractivity contribution in [2.24, 2.45) is 5.92 Å². The normalized spacial score (nSPS) is 28.7. The van der Waals surface area contributed by atoms with Gasteiger partial charge in [-0.2, -0.15) is 0 Å². The highest BCUT2D eigenvalue weighted by Crippen LogP contribution is 2.31. The quantitative estimate of drug-likeness (QED) is 0.542. The Morgan fingerprint density at radius 3 is 2.90 bits per heavy atom. The third-order valence-electron chi connectivity index (χ3n) is 4.74. The molecule has 2 heterocycles. The number of hydrogen-bond acceptors (Lipinski definition) is 3. The molecule has 4 heteroatoms. The van der Waals surface area contributed by atoms with E-state index < -0.39 is 0 Å². The van der Waals surface area contributed by atoms with Crippen LogP contribution in [0.25, 0.3) is 0 Å². The van der Waals surface area contributed by atoms with Gasteiger partial charge in [-0.1, -0.05) is 42.1 Å². The summed E-state index contributed by atoms with van der Waals surface area (Å²) in [4.78, 5) is 14.5. The second kappa shape index (κ2) is 8.38. The summed E-state index contributed by atoms with van der Waals surface area (Å²) in [7, 11) is 0. The van der Waals surface area contributed by atoms with Crippen molar-refractivity contribution < 1.29 is 9.53 Å². The van der Waals surface area contributed by atoms with Crippen LogP contribution in [0.4, 0.5) is 0 Å². The Kier molecular flexibility index (Phi) is 6.82.